The first-order valence-electron chi connectivity index (χ1n) is 5.38. The number of hydrogen-bond donors (Lipinski definition) is 0. The van der Waals surface area contributed by atoms with Crippen LogP contribution in [0.2, 0.25) is 0 Å². The Labute approximate surface area is 98.0 Å². The van der Waals surface area contributed by atoms with Crippen LogP contribution in [0.5, 0.6) is 0 Å². The zero-order chi connectivity index (χ0) is 12.4. The van der Waals surface area contributed by atoms with Crippen molar-refractivity contribution in [3.05, 3.63) is 36.0 Å². The van der Waals surface area contributed by atoms with E-state index in [-0.39, 0.29) is 18.5 Å². The largest absolute Gasteiger partial charge is 0.463 e. The molecule has 2 aromatic heterocycles. The molecule has 0 aromatic carbocycles. The zero-order valence-corrected chi connectivity index (χ0v) is 9.68. The fraction of sp³-hybridized carbons (Fsp3) is 0.333. The van der Waals surface area contributed by atoms with Crippen LogP contribution in [0.4, 0.5) is 4.39 Å². The molecule has 2 heterocycles. The number of halogens is 1. The van der Waals surface area contributed by atoms with Crippen molar-refractivity contribution in [1.29, 1.82) is 0 Å². The van der Waals surface area contributed by atoms with Gasteiger partial charge in [-0.15, -0.1) is 0 Å². The highest BCUT2D eigenvalue weighted by Gasteiger charge is 2.11. The Bertz CT molecular complexity index is 548. The molecule has 90 valence electrons. The number of aromatic nitrogens is 2. The van der Waals surface area contributed by atoms with Gasteiger partial charge in [0.1, 0.15) is 5.65 Å². The van der Waals surface area contributed by atoms with E-state index in [4.69, 9.17) is 4.74 Å². The maximum Gasteiger partial charge on any atom is 0.312 e. The molecule has 0 aliphatic rings. The van der Waals surface area contributed by atoms with E-state index in [9.17, 15) is 9.18 Å². The summed E-state index contributed by atoms with van der Waals surface area (Å²) < 4.78 is 19.7. The molecule has 0 saturated carbocycles. The predicted molar refractivity (Wildman–Crippen MR) is 60.1 cm³/mol. The quantitative estimate of drug-likeness (QED) is 0.604. The lowest BCUT2D eigenvalue weighted by Gasteiger charge is -2.05. The van der Waals surface area contributed by atoms with Crippen molar-refractivity contribution in [2.45, 2.75) is 26.4 Å². The first-order chi connectivity index (χ1) is 8.06. The number of carbonyl (C=O) groups excluding carboxylic acids is 1. The van der Waals surface area contributed by atoms with Gasteiger partial charge in [-0.05, 0) is 26.0 Å². The molecule has 0 amide bonds. The molecule has 17 heavy (non-hydrogen) atoms. The Morgan fingerprint density at radius 2 is 2.29 bits per heavy atom. The Morgan fingerprint density at radius 1 is 1.53 bits per heavy atom. The van der Waals surface area contributed by atoms with E-state index in [0.717, 1.165) is 0 Å². The third-order valence-corrected chi connectivity index (χ3v) is 2.18. The summed E-state index contributed by atoms with van der Waals surface area (Å²) in [7, 11) is 0. The van der Waals surface area contributed by atoms with Crippen molar-refractivity contribution >= 4 is 11.6 Å². The number of rotatable bonds is 3. The van der Waals surface area contributed by atoms with Crippen LogP contribution in [-0.2, 0) is 16.0 Å². The van der Waals surface area contributed by atoms with Crippen LogP contribution < -0.4 is 0 Å². The zero-order valence-electron chi connectivity index (χ0n) is 9.68. The number of esters is 1. The number of fused-ring (bicyclic) bond motifs is 1. The minimum atomic E-state index is -0.404. The van der Waals surface area contributed by atoms with Crippen molar-refractivity contribution < 1.29 is 13.9 Å². The minimum absolute atomic E-state index is 0.0549. The van der Waals surface area contributed by atoms with Gasteiger partial charge in [0, 0.05) is 6.20 Å². The van der Waals surface area contributed by atoms with E-state index in [1.807, 2.05) is 0 Å². The lowest BCUT2D eigenvalue weighted by molar-refractivity contribution is -0.146. The lowest BCUT2D eigenvalue weighted by Crippen LogP contribution is -2.13. The standard InChI is InChI=1S/C12H13FN2O2/c1-8(2)17-12(16)6-9-7-15-10(13)4-3-5-11(15)14-9/h3-5,7-8H,6H2,1-2H3. The van der Waals surface area contributed by atoms with Crippen LogP contribution in [0.15, 0.2) is 24.4 Å². The first-order valence-corrected chi connectivity index (χ1v) is 5.38. The van der Waals surface area contributed by atoms with Gasteiger partial charge in [-0.3, -0.25) is 9.20 Å². The van der Waals surface area contributed by atoms with Gasteiger partial charge in [-0.1, -0.05) is 6.07 Å². The molecule has 0 fully saturated rings. The fourth-order valence-corrected chi connectivity index (χ4v) is 1.57. The van der Waals surface area contributed by atoms with Gasteiger partial charge in [-0.25, -0.2) is 4.98 Å². The molecule has 5 heteroatoms. The van der Waals surface area contributed by atoms with E-state index < -0.39 is 5.95 Å². The van der Waals surface area contributed by atoms with Crippen molar-refractivity contribution in [3.63, 3.8) is 0 Å². The van der Waals surface area contributed by atoms with Gasteiger partial charge in [0.25, 0.3) is 0 Å². The minimum Gasteiger partial charge on any atom is -0.463 e. The second-order valence-corrected chi connectivity index (χ2v) is 4.02. The van der Waals surface area contributed by atoms with Crippen LogP contribution in [0.3, 0.4) is 0 Å². The molecule has 0 aliphatic carbocycles. The molecule has 2 aromatic rings. The summed E-state index contributed by atoms with van der Waals surface area (Å²) in [6.45, 7) is 3.56. The SMILES string of the molecule is CC(C)OC(=O)Cc1cn2c(F)cccc2n1. The van der Waals surface area contributed by atoms with Crippen LogP contribution in [-0.4, -0.2) is 21.5 Å². The summed E-state index contributed by atoms with van der Waals surface area (Å²) in [5.41, 5.74) is 0.984. The molecular weight excluding hydrogens is 223 g/mol. The van der Waals surface area contributed by atoms with E-state index in [1.165, 1.54) is 16.7 Å². The van der Waals surface area contributed by atoms with Gasteiger partial charge < -0.3 is 4.74 Å². The van der Waals surface area contributed by atoms with E-state index >= 15 is 0 Å². The first kappa shape index (κ1) is 11.6. The van der Waals surface area contributed by atoms with Crippen molar-refractivity contribution in [2.75, 3.05) is 0 Å². The highest BCUT2D eigenvalue weighted by atomic mass is 19.1. The highest BCUT2D eigenvalue weighted by molar-refractivity contribution is 5.72. The number of ether oxygens (including phenoxy) is 1. The molecule has 0 bridgehead atoms. The Morgan fingerprint density at radius 3 is 2.94 bits per heavy atom. The summed E-state index contributed by atoms with van der Waals surface area (Å²) in [6, 6.07) is 4.60. The van der Waals surface area contributed by atoms with Gasteiger partial charge >= 0.3 is 5.97 Å². The molecule has 0 unspecified atom stereocenters. The average molecular weight is 236 g/mol. The molecule has 2 rings (SSSR count). The van der Waals surface area contributed by atoms with Crippen LogP contribution >= 0.6 is 0 Å². The number of carbonyl (C=O) groups is 1. The summed E-state index contributed by atoms with van der Waals surface area (Å²) >= 11 is 0. The molecule has 0 saturated heterocycles. The van der Waals surface area contributed by atoms with Gasteiger partial charge in [0.2, 0.25) is 0 Å². The molecule has 0 atom stereocenters. The fourth-order valence-electron chi connectivity index (χ4n) is 1.57. The second kappa shape index (κ2) is 4.53. The number of nitrogens with zero attached hydrogens (tertiary/aromatic N) is 2. The maximum absolute atomic E-state index is 13.4. The number of imidazole rings is 1. The summed E-state index contributed by atoms with van der Waals surface area (Å²) in [5, 5.41) is 0. The predicted octanol–water partition coefficient (Wildman–Crippen LogP) is 1.97. The molecular formula is C12H13FN2O2. The molecule has 0 aliphatic heterocycles. The topological polar surface area (TPSA) is 43.6 Å². The number of pyridine rings is 1. The molecule has 0 radical (unpaired) electrons. The van der Waals surface area contributed by atoms with Crippen LogP contribution in [0.25, 0.3) is 5.65 Å². The van der Waals surface area contributed by atoms with Crippen molar-refractivity contribution in [1.82, 2.24) is 9.38 Å². The summed E-state index contributed by atoms with van der Waals surface area (Å²) in [6.07, 6.45) is 1.40. The smallest absolute Gasteiger partial charge is 0.312 e. The van der Waals surface area contributed by atoms with E-state index in [1.54, 1.807) is 26.0 Å². The van der Waals surface area contributed by atoms with E-state index in [0.29, 0.717) is 11.3 Å². The monoisotopic (exact) mass is 236 g/mol. The van der Waals surface area contributed by atoms with Crippen molar-refractivity contribution in [3.8, 4) is 0 Å². The lowest BCUT2D eigenvalue weighted by atomic mass is 10.3. The maximum atomic E-state index is 13.4. The average Bonchev–Trinajstić information content (AvgIpc) is 2.60. The Kier molecular flexibility index (Phi) is 3.08. The van der Waals surface area contributed by atoms with Gasteiger partial charge in [0.05, 0.1) is 18.2 Å². The van der Waals surface area contributed by atoms with Crippen LogP contribution in [0.1, 0.15) is 19.5 Å². The summed E-state index contributed by atoms with van der Waals surface area (Å²) in [5.74, 6) is -0.762. The molecule has 4 nitrogen and oxygen atoms in total. The van der Waals surface area contributed by atoms with Crippen molar-refractivity contribution in [2.24, 2.45) is 0 Å². The summed E-state index contributed by atoms with van der Waals surface area (Å²) in [4.78, 5) is 15.6. The number of hydrogen-bond acceptors (Lipinski definition) is 3. The Balaban J connectivity index is 2.20. The second-order valence-electron chi connectivity index (χ2n) is 4.02. The normalized spacial score (nSPS) is 11.1. The molecule has 0 N–H and O–H groups in total. The molecule has 0 spiro atoms. The van der Waals surface area contributed by atoms with Crippen LogP contribution in [0, 0.1) is 5.95 Å². The Hall–Kier alpha value is -1.91. The highest BCUT2D eigenvalue weighted by Crippen LogP contribution is 2.09. The van der Waals surface area contributed by atoms with E-state index in [2.05, 4.69) is 4.98 Å². The van der Waals surface area contributed by atoms with Gasteiger partial charge in [0.15, 0.2) is 5.95 Å². The third-order valence-electron chi connectivity index (χ3n) is 2.18. The van der Waals surface area contributed by atoms with Gasteiger partial charge in [-0.2, -0.15) is 4.39 Å². The third kappa shape index (κ3) is 2.61.